The van der Waals surface area contributed by atoms with Gasteiger partial charge in [0, 0.05) is 16.8 Å². The molecule has 0 unspecified atom stereocenters. The van der Waals surface area contributed by atoms with Crippen molar-refractivity contribution >= 4 is 15.9 Å². The smallest absolute Gasteiger partial charge is 0.126 e. The highest BCUT2D eigenvalue weighted by Gasteiger charge is 2.33. The molecule has 0 N–H and O–H groups in total. The third-order valence-corrected chi connectivity index (χ3v) is 4.48. The molecule has 1 aliphatic rings. The second-order valence-electron chi connectivity index (χ2n) is 4.59. The van der Waals surface area contributed by atoms with Crippen molar-refractivity contribution in [3.63, 3.8) is 0 Å². The van der Waals surface area contributed by atoms with E-state index in [1.165, 1.54) is 37.8 Å². The molecular formula is C13H16BrFO. The first kappa shape index (κ1) is 11.9. The van der Waals surface area contributed by atoms with E-state index in [0.29, 0.717) is 12.4 Å². The lowest BCUT2D eigenvalue weighted by Crippen LogP contribution is -2.26. The monoisotopic (exact) mass is 286 g/mol. The van der Waals surface area contributed by atoms with Gasteiger partial charge in [0.15, 0.2) is 0 Å². The Balaban J connectivity index is 1.95. The molecule has 0 spiro atoms. The van der Waals surface area contributed by atoms with Crippen LogP contribution in [0.2, 0.25) is 0 Å². The van der Waals surface area contributed by atoms with Crippen molar-refractivity contribution in [1.29, 1.82) is 0 Å². The quantitative estimate of drug-likeness (QED) is 0.756. The molecule has 0 radical (unpaired) electrons. The predicted octanol–water partition coefficient (Wildman–Crippen LogP) is 4.16. The van der Waals surface area contributed by atoms with Gasteiger partial charge in [0.05, 0.1) is 6.61 Å². The Morgan fingerprint density at radius 2 is 2.06 bits per heavy atom. The number of halogens is 2. The van der Waals surface area contributed by atoms with Gasteiger partial charge in [-0.15, -0.1) is 0 Å². The van der Waals surface area contributed by atoms with E-state index in [0.717, 1.165) is 5.33 Å². The van der Waals surface area contributed by atoms with Gasteiger partial charge < -0.3 is 4.74 Å². The van der Waals surface area contributed by atoms with Gasteiger partial charge in [0.1, 0.15) is 11.6 Å². The molecule has 16 heavy (non-hydrogen) atoms. The molecule has 0 bridgehead atoms. The first-order valence-corrected chi connectivity index (χ1v) is 6.81. The van der Waals surface area contributed by atoms with E-state index in [1.54, 1.807) is 12.1 Å². The average molecular weight is 287 g/mol. The van der Waals surface area contributed by atoms with Crippen molar-refractivity contribution in [2.45, 2.75) is 25.7 Å². The van der Waals surface area contributed by atoms with Crippen LogP contribution in [0.1, 0.15) is 25.7 Å². The molecule has 1 saturated carbocycles. The van der Waals surface area contributed by atoms with Crippen molar-refractivity contribution in [3.05, 3.63) is 30.1 Å². The maximum atomic E-state index is 13.0. The molecule has 0 heterocycles. The minimum Gasteiger partial charge on any atom is -0.493 e. The summed E-state index contributed by atoms with van der Waals surface area (Å²) in [5, 5.41) is 0.968. The normalized spacial score (nSPS) is 18.6. The minimum atomic E-state index is -0.239. The summed E-state index contributed by atoms with van der Waals surface area (Å²) >= 11 is 3.57. The molecule has 0 atom stereocenters. The van der Waals surface area contributed by atoms with Gasteiger partial charge in [-0.3, -0.25) is 0 Å². The number of hydrogen-bond donors (Lipinski definition) is 0. The van der Waals surface area contributed by atoms with Crippen LogP contribution in [-0.2, 0) is 0 Å². The fraction of sp³-hybridized carbons (Fsp3) is 0.538. The average Bonchev–Trinajstić information content (AvgIpc) is 2.76. The van der Waals surface area contributed by atoms with E-state index in [9.17, 15) is 4.39 Å². The molecule has 88 valence electrons. The SMILES string of the molecule is Fc1cccc(OCC2(CBr)CCCC2)c1. The van der Waals surface area contributed by atoms with Crippen LogP contribution in [0.5, 0.6) is 5.75 Å². The fourth-order valence-electron chi connectivity index (χ4n) is 2.23. The molecule has 1 aliphatic carbocycles. The van der Waals surface area contributed by atoms with Crippen LogP contribution >= 0.6 is 15.9 Å². The molecule has 1 aromatic rings. The molecule has 3 heteroatoms. The Morgan fingerprint density at radius 1 is 1.31 bits per heavy atom. The molecule has 0 amide bonds. The lowest BCUT2D eigenvalue weighted by atomic mass is 9.90. The van der Waals surface area contributed by atoms with Gasteiger partial charge >= 0.3 is 0 Å². The van der Waals surface area contributed by atoms with Crippen molar-refractivity contribution in [3.8, 4) is 5.75 Å². The lowest BCUT2D eigenvalue weighted by Gasteiger charge is -2.26. The van der Waals surface area contributed by atoms with Gasteiger partial charge in [-0.25, -0.2) is 4.39 Å². The summed E-state index contributed by atoms with van der Waals surface area (Å²) < 4.78 is 18.7. The van der Waals surface area contributed by atoms with Crippen molar-refractivity contribution in [2.75, 3.05) is 11.9 Å². The van der Waals surface area contributed by atoms with Gasteiger partial charge in [-0.05, 0) is 25.0 Å². The fourth-order valence-corrected chi connectivity index (χ4v) is 2.96. The molecule has 0 aliphatic heterocycles. The zero-order valence-electron chi connectivity index (χ0n) is 9.22. The van der Waals surface area contributed by atoms with Crippen LogP contribution in [0.15, 0.2) is 24.3 Å². The highest BCUT2D eigenvalue weighted by molar-refractivity contribution is 9.09. The Morgan fingerprint density at radius 3 is 2.69 bits per heavy atom. The minimum absolute atomic E-state index is 0.239. The van der Waals surface area contributed by atoms with Crippen molar-refractivity contribution < 1.29 is 9.13 Å². The van der Waals surface area contributed by atoms with Crippen LogP contribution < -0.4 is 4.74 Å². The van der Waals surface area contributed by atoms with E-state index in [-0.39, 0.29) is 11.2 Å². The second-order valence-corrected chi connectivity index (χ2v) is 5.15. The number of benzene rings is 1. The van der Waals surface area contributed by atoms with Crippen LogP contribution in [-0.4, -0.2) is 11.9 Å². The summed E-state index contributed by atoms with van der Waals surface area (Å²) in [5.41, 5.74) is 0.256. The summed E-state index contributed by atoms with van der Waals surface area (Å²) in [6.07, 6.45) is 4.96. The Hall–Kier alpha value is -0.570. The summed E-state index contributed by atoms with van der Waals surface area (Å²) in [7, 11) is 0. The van der Waals surface area contributed by atoms with E-state index in [2.05, 4.69) is 15.9 Å². The van der Waals surface area contributed by atoms with Crippen LogP contribution in [0.3, 0.4) is 0 Å². The molecule has 1 nitrogen and oxygen atoms in total. The Kier molecular flexibility index (Phi) is 3.85. The third kappa shape index (κ3) is 2.76. The Labute approximate surface area is 104 Å². The van der Waals surface area contributed by atoms with Gasteiger partial charge in [0.2, 0.25) is 0 Å². The van der Waals surface area contributed by atoms with E-state index >= 15 is 0 Å². The lowest BCUT2D eigenvalue weighted by molar-refractivity contribution is 0.173. The summed E-state index contributed by atoms with van der Waals surface area (Å²) in [6.45, 7) is 0.682. The first-order chi connectivity index (χ1) is 7.74. The number of alkyl halides is 1. The molecule has 0 saturated heterocycles. The molecule has 1 aromatic carbocycles. The summed E-state index contributed by atoms with van der Waals surface area (Å²) in [6, 6.07) is 6.36. The summed E-state index contributed by atoms with van der Waals surface area (Å²) in [4.78, 5) is 0. The van der Waals surface area contributed by atoms with Gasteiger partial charge in [0.25, 0.3) is 0 Å². The molecule has 0 aromatic heterocycles. The highest BCUT2D eigenvalue weighted by atomic mass is 79.9. The number of rotatable bonds is 4. The van der Waals surface area contributed by atoms with Crippen molar-refractivity contribution in [2.24, 2.45) is 5.41 Å². The van der Waals surface area contributed by atoms with Gasteiger partial charge in [-0.2, -0.15) is 0 Å². The largest absolute Gasteiger partial charge is 0.493 e. The topological polar surface area (TPSA) is 9.23 Å². The van der Waals surface area contributed by atoms with Crippen LogP contribution in [0, 0.1) is 11.2 Å². The zero-order valence-corrected chi connectivity index (χ0v) is 10.8. The third-order valence-electron chi connectivity index (χ3n) is 3.29. The second kappa shape index (κ2) is 5.17. The van der Waals surface area contributed by atoms with E-state index in [4.69, 9.17) is 4.74 Å². The van der Waals surface area contributed by atoms with E-state index in [1.807, 2.05) is 0 Å². The highest BCUT2D eigenvalue weighted by Crippen LogP contribution is 2.39. The Bertz CT molecular complexity index is 348. The maximum Gasteiger partial charge on any atom is 0.126 e. The van der Waals surface area contributed by atoms with Crippen LogP contribution in [0.25, 0.3) is 0 Å². The maximum absolute atomic E-state index is 13.0. The first-order valence-electron chi connectivity index (χ1n) is 5.68. The zero-order chi connectivity index (χ0) is 11.4. The predicted molar refractivity (Wildman–Crippen MR) is 66.6 cm³/mol. The standard InChI is InChI=1S/C13H16BrFO/c14-9-13(6-1-2-7-13)10-16-12-5-3-4-11(15)8-12/h3-5,8H,1-2,6-7,9-10H2. The molecule has 1 fully saturated rings. The van der Waals surface area contributed by atoms with Crippen molar-refractivity contribution in [1.82, 2.24) is 0 Å². The number of hydrogen-bond acceptors (Lipinski definition) is 1. The number of ether oxygens (including phenoxy) is 1. The van der Waals surface area contributed by atoms with E-state index < -0.39 is 0 Å². The summed E-state index contributed by atoms with van der Waals surface area (Å²) in [5.74, 6) is 0.393. The van der Waals surface area contributed by atoms with Gasteiger partial charge in [-0.1, -0.05) is 34.8 Å². The molecular weight excluding hydrogens is 271 g/mol. The van der Waals surface area contributed by atoms with Crippen LogP contribution in [0.4, 0.5) is 4.39 Å². The molecule has 2 rings (SSSR count).